The highest BCUT2D eigenvalue weighted by molar-refractivity contribution is 6.24. The number of hydrogen-bond donors (Lipinski definition) is 1. The van der Waals surface area contributed by atoms with Crippen molar-refractivity contribution in [1.29, 1.82) is 0 Å². The van der Waals surface area contributed by atoms with Crippen LogP contribution in [0.15, 0.2) is 35.5 Å². The van der Waals surface area contributed by atoms with Crippen molar-refractivity contribution in [3.05, 3.63) is 41.4 Å². The average Bonchev–Trinajstić information content (AvgIpc) is 2.48. The summed E-state index contributed by atoms with van der Waals surface area (Å²) in [6.07, 6.45) is 0.408. The van der Waals surface area contributed by atoms with Crippen molar-refractivity contribution < 1.29 is 14.0 Å². The molecule has 6 heteroatoms. The van der Waals surface area contributed by atoms with E-state index in [2.05, 4.69) is 0 Å². The molecule has 1 amide bonds. The molecule has 0 radical (unpaired) electrons. The highest BCUT2D eigenvalue weighted by Crippen LogP contribution is 2.19. The van der Waals surface area contributed by atoms with Gasteiger partial charge in [0.2, 0.25) is 0 Å². The van der Waals surface area contributed by atoms with E-state index in [0.29, 0.717) is 25.2 Å². The molecule has 1 rings (SSSR count). The molecule has 23 heavy (non-hydrogen) atoms. The maximum absolute atomic E-state index is 13.1. The number of benzene rings is 1. The van der Waals surface area contributed by atoms with E-state index in [-0.39, 0.29) is 22.9 Å². The van der Waals surface area contributed by atoms with Crippen LogP contribution in [0, 0.1) is 5.82 Å². The Kier molecular flexibility index (Phi) is 6.90. The summed E-state index contributed by atoms with van der Waals surface area (Å²) in [4.78, 5) is 28.1. The summed E-state index contributed by atoms with van der Waals surface area (Å²) >= 11 is 0. The zero-order chi connectivity index (χ0) is 17.6. The Bertz CT molecular complexity index is 594. The minimum absolute atomic E-state index is 0.00409. The third-order valence-corrected chi connectivity index (χ3v) is 3.42. The van der Waals surface area contributed by atoms with Gasteiger partial charge in [0.25, 0.3) is 5.91 Å². The van der Waals surface area contributed by atoms with Gasteiger partial charge in [-0.25, -0.2) is 4.39 Å². The van der Waals surface area contributed by atoms with Gasteiger partial charge in [0.1, 0.15) is 11.4 Å². The van der Waals surface area contributed by atoms with Crippen LogP contribution in [0.5, 0.6) is 0 Å². The Morgan fingerprint density at radius 2 is 1.70 bits per heavy atom. The second-order valence-corrected chi connectivity index (χ2v) is 5.55. The number of allylic oxidation sites excluding steroid dienone is 1. The van der Waals surface area contributed by atoms with Crippen LogP contribution in [0.4, 0.5) is 10.1 Å². The van der Waals surface area contributed by atoms with Gasteiger partial charge in [0, 0.05) is 24.5 Å². The predicted octanol–water partition coefficient (Wildman–Crippen LogP) is 1.93. The SMILES string of the molecule is CCC(N)=C(C(C)=O)C(=O)N(CCN(C)C)c1ccc(F)cc1. The maximum atomic E-state index is 13.1. The van der Waals surface area contributed by atoms with Crippen LogP contribution in [0.25, 0.3) is 0 Å². The maximum Gasteiger partial charge on any atom is 0.263 e. The lowest BCUT2D eigenvalue weighted by Crippen LogP contribution is -2.39. The number of nitrogens with two attached hydrogens (primary N) is 1. The van der Waals surface area contributed by atoms with Crippen LogP contribution in [0.3, 0.4) is 0 Å². The third-order valence-electron chi connectivity index (χ3n) is 3.42. The van der Waals surface area contributed by atoms with Crippen molar-refractivity contribution in [1.82, 2.24) is 4.90 Å². The zero-order valence-electron chi connectivity index (χ0n) is 14.1. The van der Waals surface area contributed by atoms with E-state index in [1.54, 1.807) is 6.92 Å². The summed E-state index contributed by atoms with van der Waals surface area (Å²) in [6, 6.07) is 5.60. The van der Waals surface area contributed by atoms with Gasteiger partial charge in [-0.05, 0) is 51.7 Å². The van der Waals surface area contributed by atoms with Gasteiger partial charge in [0.05, 0.1) is 0 Å². The summed E-state index contributed by atoms with van der Waals surface area (Å²) in [5, 5.41) is 0. The molecule has 1 aromatic rings. The molecule has 0 saturated heterocycles. The number of halogens is 1. The van der Waals surface area contributed by atoms with Crippen LogP contribution in [0.2, 0.25) is 0 Å². The molecular weight excluding hydrogens is 297 g/mol. The first kappa shape index (κ1) is 18.8. The van der Waals surface area contributed by atoms with Crippen molar-refractivity contribution in [3.8, 4) is 0 Å². The molecule has 0 aliphatic carbocycles. The second-order valence-electron chi connectivity index (χ2n) is 5.55. The van der Waals surface area contributed by atoms with E-state index in [4.69, 9.17) is 5.73 Å². The fourth-order valence-corrected chi connectivity index (χ4v) is 2.09. The normalized spacial score (nSPS) is 12.1. The Labute approximate surface area is 136 Å². The minimum atomic E-state index is -0.453. The Balaban J connectivity index is 3.24. The molecule has 0 aliphatic heterocycles. The van der Waals surface area contributed by atoms with Crippen molar-refractivity contribution >= 4 is 17.4 Å². The highest BCUT2D eigenvalue weighted by atomic mass is 19.1. The fraction of sp³-hybridized carbons (Fsp3) is 0.412. The number of carbonyl (C=O) groups is 2. The van der Waals surface area contributed by atoms with Gasteiger partial charge >= 0.3 is 0 Å². The van der Waals surface area contributed by atoms with Gasteiger partial charge < -0.3 is 15.5 Å². The number of rotatable bonds is 7. The van der Waals surface area contributed by atoms with Gasteiger partial charge in [-0.1, -0.05) is 6.92 Å². The average molecular weight is 321 g/mol. The zero-order valence-corrected chi connectivity index (χ0v) is 14.1. The molecular formula is C17H24FN3O2. The minimum Gasteiger partial charge on any atom is -0.401 e. The fourth-order valence-electron chi connectivity index (χ4n) is 2.09. The molecule has 0 bridgehead atoms. The molecule has 2 N–H and O–H groups in total. The molecule has 0 saturated carbocycles. The predicted molar refractivity (Wildman–Crippen MR) is 89.5 cm³/mol. The number of hydrogen-bond acceptors (Lipinski definition) is 4. The summed E-state index contributed by atoms with van der Waals surface area (Å²) in [5.74, 6) is -1.21. The molecule has 0 aromatic heterocycles. The number of carbonyl (C=O) groups excluding carboxylic acids is 2. The number of Topliss-reactive ketones (excluding diaryl/α,β-unsaturated/α-hetero) is 1. The Morgan fingerprint density at radius 3 is 2.13 bits per heavy atom. The van der Waals surface area contributed by atoms with E-state index in [0.717, 1.165) is 0 Å². The van der Waals surface area contributed by atoms with Crippen molar-refractivity contribution in [2.45, 2.75) is 20.3 Å². The van der Waals surface area contributed by atoms with E-state index < -0.39 is 5.91 Å². The van der Waals surface area contributed by atoms with E-state index in [9.17, 15) is 14.0 Å². The molecule has 0 unspecified atom stereocenters. The standard InChI is InChI=1S/C17H24FN3O2/c1-5-15(19)16(12(2)22)17(23)21(11-10-20(3)4)14-8-6-13(18)7-9-14/h6-9H,5,10-11,19H2,1-4H3. The lowest BCUT2D eigenvalue weighted by molar-refractivity contribution is -0.120. The lowest BCUT2D eigenvalue weighted by Gasteiger charge is -2.25. The van der Waals surface area contributed by atoms with Crippen LogP contribution in [0.1, 0.15) is 20.3 Å². The molecule has 0 spiro atoms. The van der Waals surface area contributed by atoms with E-state index >= 15 is 0 Å². The van der Waals surface area contributed by atoms with Gasteiger partial charge in [-0.2, -0.15) is 0 Å². The largest absolute Gasteiger partial charge is 0.401 e. The van der Waals surface area contributed by atoms with E-state index in [1.807, 2.05) is 19.0 Å². The second kappa shape index (κ2) is 8.43. The molecule has 0 heterocycles. The third kappa shape index (κ3) is 5.17. The van der Waals surface area contributed by atoms with Gasteiger partial charge in [0.15, 0.2) is 5.78 Å². The number of ketones is 1. The van der Waals surface area contributed by atoms with Crippen molar-refractivity contribution in [2.24, 2.45) is 5.73 Å². The number of nitrogens with zero attached hydrogens (tertiary/aromatic N) is 2. The first-order valence-corrected chi connectivity index (χ1v) is 7.49. The first-order valence-electron chi connectivity index (χ1n) is 7.49. The highest BCUT2D eigenvalue weighted by Gasteiger charge is 2.25. The van der Waals surface area contributed by atoms with Crippen LogP contribution in [-0.4, -0.2) is 43.8 Å². The van der Waals surface area contributed by atoms with Crippen LogP contribution < -0.4 is 10.6 Å². The summed E-state index contributed by atoms with van der Waals surface area (Å²) < 4.78 is 13.1. The molecule has 126 valence electrons. The van der Waals surface area contributed by atoms with Crippen molar-refractivity contribution in [3.63, 3.8) is 0 Å². The molecule has 0 fully saturated rings. The monoisotopic (exact) mass is 321 g/mol. The summed E-state index contributed by atoms with van der Waals surface area (Å²) in [5.41, 5.74) is 6.64. The smallest absolute Gasteiger partial charge is 0.263 e. The Morgan fingerprint density at radius 1 is 1.13 bits per heavy atom. The van der Waals surface area contributed by atoms with Gasteiger partial charge in [-0.3, -0.25) is 9.59 Å². The molecule has 5 nitrogen and oxygen atoms in total. The van der Waals surface area contributed by atoms with Crippen molar-refractivity contribution in [2.75, 3.05) is 32.1 Å². The topological polar surface area (TPSA) is 66.6 Å². The van der Waals surface area contributed by atoms with Crippen LogP contribution in [-0.2, 0) is 9.59 Å². The number of anilines is 1. The molecule has 0 atom stereocenters. The number of likely N-dealkylation sites (N-methyl/N-ethyl adjacent to an activating group) is 1. The number of amides is 1. The van der Waals surface area contributed by atoms with Gasteiger partial charge in [-0.15, -0.1) is 0 Å². The Hall–Kier alpha value is -2.21. The quantitative estimate of drug-likeness (QED) is 0.473. The summed E-state index contributed by atoms with van der Waals surface area (Å²) in [7, 11) is 3.77. The molecule has 0 aliphatic rings. The van der Waals surface area contributed by atoms with Crippen LogP contribution >= 0.6 is 0 Å². The molecule has 1 aromatic carbocycles. The first-order chi connectivity index (χ1) is 10.8. The van der Waals surface area contributed by atoms with E-state index in [1.165, 1.54) is 36.1 Å². The lowest BCUT2D eigenvalue weighted by atomic mass is 10.1. The summed E-state index contributed by atoms with van der Waals surface area (Å²) in [6.45, 7) is 4.07.